The normalized spacial score (nSPS) is 10.3. The average molecular weight is 307 g/mol. The molecule has 0 aliphatic rings. The van der Waals surface area contributed by atoms with Crippen LogP contribution in [0.4, 0.5) is 0 Å². The third-order valence-corrected chi connectivity index (χ3v) is 3.62. The van der Waals surface area contributed by atoms with Gasteiger partial charge in [0.05, 0.1) is 18.2 Å². The molecule has 0 bridgehead atoms. The predicted octanol–water partition coefficient (Wildman–Crippen LogP) is 3.25. The molecule has 21 heavy (non-hydrogen) atoms. The van der Waals surface area contributed by atoms with E-state index in [4.69, 9.17) is 14.6 Å². The maximum atomic E-state index is 10.7. The van der Waals surface area contributed by atoms with Gasteiger partial charge in [0.25, 0.3) is 0 Å². The van der Waals surface area contributed by atoms with Crippen molar-refractivity contribution in [3.8, 4) is 11.5 Å². The standard InChI is InChI=1S/C15H17NO4S/c1-2-19-11-5-7-12(8-6-11)20-9-3-4-14-16-13(10-21-14)15(17)18/h5-8,10H,2-4,9H2,1H3,(H,17,18). The minimum atomic E-state index is -0.983. The van der Waals surface area contributed by atoms with Crippen molar-refractivity contribution < 1.29 is 19.4 Å². The molecule has 0 unspecified atom stereocenters. The van der Waals surface area contributed by atoms with Crippen LogP contribution in [-0.2, 0) is 6.42 Å². The third-order valence-electron chi connectivity index (χ3n) is 2.71. The van der Waals surface area contributed by atoms with Gasteiger partial charge in [-0.25, -0.2) is 9.78 Å². The molecule has 1 aromatic heterocycles. The topological polar surface area (TPSA) is 68.7 Å². The summed E-state index contributed by atoms with van der Waals surface area (Å²) in [5, 5.41) is 11.2. The lowest BCUT2D eigenvalue weighted by molar-refractivity contribution is 0.0691. The summed E-state index contributed by atoms with van der Waals surface area (Å²) >= 11 is 1.37. The van der Waals surface area contributed by atoms with Crippen LogP contribution in [0.2, 0.25) is 0 Å². The molecule has 0 saturated heterocycles. The SMILES string of the molecule is CCOc1ccc(OCCCc2nc(C(=O)O)cs2)cc1. The molecule has 0 radical (unpaired) electrons. The Balaban J connectivity index is 1.72. The van der Waals surface area contributed by atoms with Crippen LogP contribution in [0.1, 0.15) is 28.8 Å². The second kappa shape index (κ2) is 7.64. The van der Waals surface area contributed by atoms with E-state index >= 15 is 0 Å². The van der Waals surface area contributed by atoms with Crippen molar-refractivity contribution in [2.75, 3.05) is 13.2 Å². The van der Waals surface area contributed by atoms with Crippen molar-refractivity contribution in [3.63, 3.8) is 0 Å². The van der Waals surface area contributed by atoms with E-state index in [1.54, 1.807) is 5.38 Å². The fourth-order valence-corrected chi connectivity index (χ4v) is 2.55. The minimum absolute atomic E-state index is 0.113. The molecular weight excluding hydrogens is 290 g/mol. The van der Waals surface area contributed by atoms with Crippen molar-refractivity contribution in [1.29, 1.82) is 0 Å². The molecule has 0 spiro atoms. The van der Waals surface area contributed by atoms with Gasteiger partial charge in [0.15, 0.2) is 5.69 Å². The van der Waals surface area contributed by atoms with E-state index in [9.17, 15) is 4.79 Å². The number of thiazole rings is 1. The summed E-state index contributed by atoms with van der Waals surface area (Å²) in [5.74, 6) is 0.640. The van der Waals surface area contributed by atoms with E-state index < -0.39 is 5.97 Å². The maximum Gasteiger partial charge on any atom is 0.355 e. The van der Waals surface area contributed by atoms with E-state index in [1.807, 2.05) is 31.2 Å². The van der Waals surface area contributed by atoms with Gasteiger partial charge in [0.2, 0.25) is 0 Å². The van der Waals surface area contributed by atoms with Crippen molar-refractivity contribution in [2.45, 2.75) is 19.8 Å². The first-order chi connectivity index (χ1) is 10.2. The molecule has 5 nitrogen and oxygen atoms in total. The van der Waals surface area contributed by atoms with Crippen molar-refractivity contribution in [1.82, 2.24) is 4.98 Å². The van der Waals surface area contributed by atoms with Crippen molar-refractivity contribution in [3.05, 3.63) is 40.3 Å². The lowest BCUT2D eigenvalue weighted by atomic mass is 10.3. The van der Waals surface area contributed by atoms with Crippen LogP contribution in [0.25, 0.3) is 0 Å². The molecule has 2 rings (SSSR count). The van der Waals surface area contributed by atoms with Crippen LogP contribution in [0.5, 0.6) is 11.5 Å². The number of hydrogen-bond acceptors (Lipinski definition) is 5. The van der Waals surface area contributed by atoms with Crippen molar-refractivity contribution >= 4 is 17.3 Å². The lowest BCUT2D eigenvalue weighted by Crippen LogP contribution is -2.00. The second-order valence-electron chi connectivity index (χ2n) is 4.29. The minimum Gasteiger partial charge on any atom is -0.494 e. The van der Waals surface area contributed by atoms with E-state index in [1.165, 1.54) is 11.3 Å². The largest absolute Gasteiger partial charge is 0.494 e. The Morgan fingerprint density at radius 3 is 2.48 bits per heavy atom. The number of carboxylic acids is 1. The molecule has 112 valence electrons. The highest BCUT2D eigenvalue weighted by atomic mass is 32.1. The summed E-state index contributed by atoms with van der Waals surface area (Å²) in [5.41, 5.74) is 0.113. The molecule has 0 atom stereocenters. The van der Waals surface area contributed by atoms with Gasteiger partial charge in [-0.1, -0.05) is 0 Å². The van der Waals surface area contributed by atoms with Gasteiger partial charge in [-0.15, -0.1) is 11.3 Å². The summed E-state index contributed by atoms with van der Waals surface area (Å²) in [6, 6.07) is 7.49. The number of ether oxygens (including phenoxy) is 2. The number of aromatic carboxylic acids is 1. The van der Waals surface area contributed by atoms with Crippen molar-refractivity contribution in [2.24, 2.45) is 0 Å². The highest BCUT2D eigenvalue weighted by Gasteiger charge is 2.08. The Morgan fingerprint density at radius 2 is 1.90 bits per heavy atom. The fourth-order valence-electron chi connectivity index (χ4n) is 1.74. The summed E-state index contributed by atoms with van der Waals surface area (Å²) in [6.07, 6.45) is 1.51. The number of rotatable bonds is 8. The Hall–Kier alpha value is -2.08. The number of aryl methyl sites for hydroxylation is 1. The molecule has 1 N–H and O–H groups in total. The number of aromatic nitrogens is 1. The summed E-state index contributed by atoms with van der Waals surface area (Å²) < 4.78 is 11.0. The van der Waals surface area contributed by atoms with Gasteiger partial charge < -0.3 is 14.6 Å². The van der Waals surface area contributed by atoms with Crippen LogP contribution >= 0.6 is 11.3 Å². The number of carbonyl (C=O) groups is 1. The summed E-state index contributed by atoms with van der Waals surface area (Å²) in [6.45, 7) is 3.15. The zero-order chi connectivity index (χ0) is 15.1. The fraction of sp³-hybridized carbons (Fsp3) is 0.333. The number of carboxylic acid groups (broad SMARTS) is 1. The highest BCUT2D eigenvalue weighted by Crippen LogP contribution is 2.18. The Kier molecular flexibility index (Phi) is 5.57. The molecular formula is C15H17NO4S. The second-order valence-corrected chi connectivity index (χ2v) is 5.23. The Bertz CT molecular complexity index is 580. The van der Waals surface area contributed by atoms with E-state index in [-0.39, 0.29) is 5.69 Å². The molecule has 6 heteroatoms. The molecule has 0 amide bonds. The first-order valence-electron chi connectivity index (χ1n) is 6.72. The highest BCUT2D eigenvalue weighted by molar-refractivity contribution is 7.09. The van der Waals surface area contributed by atoms with Gasteiger partial charge in [-0.3, -0.25) is 0 Å². The van der Waals surface area contributed by atoms with Gasteiger partial charge in [0, 0.05) is 11.8 Å². The van der Waals surface area contributed by atoms with E-state index in [0.29, 0.717) is 13.2 Å². The smallest absolute Gasteiger partial charge is 0.355 e. The van der Waals surface area contributed by atoms with Crippen LogP contribution in [-0.4, -0.2) is 29.3 Å². The van der Waals surface area contributed by atoms with Gasteiger partial charge in [0.1, 0.15) is 11.5 Å². The lowest BCUT2D eigenvalue weighted by Gasteiger charge is -2.07. The van der Waals surface area contributed by atoms with Crippen LogP contribution in [0.15, 0.2) is 29.6 Å². The molecule has 2 aromatic rings. The first kappa shape index (κ1) is 15.3. The average Bonchev–Trinajstić information content (AvgIpc) is 2.95. The molecule has 1 aromatic carbocycles. The molecule has 0 aliphatic carbocycles. The molecule has 0 aliphatic heterocycles. The van der Waals surface area contributed by atoms with Gasteiger partial charge in [-0.2, -0.15) is 0 Å². The van der Waals surface area contributed by atoms with Gasteiger partial charge in [-0.05, 0) is 37.6 Å². The first-order valence-corrected chi connectivity index (χ1v) is 7.60. The van der Waals surface area contributed by atoms with E-state index in [2.05, 4.69) is 4.98 Å². The predicted molar refractivity (Wildman–Crippen MR) is 80.5 cm³/mol. The number of benzene rings is 1. The molecule has 0 saturated carbocycles. The quantitative estimate of drug-likeness (QED) is 0.758. The van der Waals surface area contributed by atoms with Gasteiger partial charge >= 0.3 is 5.97 Å². The van der Waals surface area contributed by atoms with E-state index in [0.717, 1.165) is 29.3 Å². The number of nitrogens with zero attached hydrogens (tertiary/aromatic N) is 1. The van der Waals surface area contributed by atoms with Crippen LogP contribution in [0.3, 0.4) is 0 Å². The molecule has 1 heterocycles. The van der Waals surface area contributed by atoms with Crippen LogP contribution in [0, 0.1) is 0 Å². The zero-order valence-electron chi connectivity index (χ0n) is 11.7. The summed E-state index contributed by atoms with van der Waals surface area (Å²) in [7, 11) is 0. The third kappa shape index (κ3) is 4.75. The number of hydrogen-bond donors (Lipinski definition) is 1. The molecule has 0 fully saturated rings. The Labute approximate surface area is 127 Å². The summed E-state index contributed by atoms with van der Waals surface area (Å²) in [4.78, 5) is 14.7. The monoisotopic (exact) mass is 307 g/mol. The van der Waals surface area contributed by atoms with Crippen LogP contribution < -0.4 is 9.47 Å². The maximum absolute atomic E-state index is 10.7. The Morgan fingerprint density at radius 1 is 1.24 bits per heavy atom. The zero-order valence-corrected chi connectivity index (χ0v) is 12.6.